The monoisotopic (exact) mass is 175 g/mol. The number of aliphatic carboxylic acids is 1. The predicted molar refractivity (Wildman–Crippen MR) is 42.2 cm³/mol. The maximum Gasteiger partial charge on any atom is 0.356 e. The zero-order valence-electron chi connectivity index (χ0n) is 6.92. The van der Waals surface area contributed by atoms with Crippen LogP contribution in [0.5, 0.6) is 0 Å². The average molecular weight is 175 g/mol. The fraction of sp³-hybridized carbons (Fsp3) is 0.875. The predicted octanol–water partition coefficient (Wildman–Crippen LogP) is 1.28. The second kappa shape index (κ2) is 3.39. The van der Waals surface area contributed by atoms with E-state index < -0.39 is 17.7 Å². The Morgan fingerprint density at radius 1 is 1.42 bits per heavy atom. The summed E-state index contributed by atoms with van der Waals surface area (Å²) in [5.74, 6) is -4.54. The van der Waals surface area contributed by atoms with Gasteiger partial charge in [-0.25, -0.2) is 9.18 Å². The van der Waals surface area contributed by atoms with Crippen molar-refractivity contribution in [2.45, 2.75) is 37.9 Å². The summed E-state index contributed by atoms with van der Waals surface area (Å²) in [6, 6.07) is 0. The van der Waals surface area contributed by atoms with Gasteiger partial charge in [0.15, 0.2) is 0 Å². The van der Waals surface area contributed by atoms with Gasteiger partial charge < -0.3 is 5.11 Å². The van der Waals surface area contributed by atoms with Gasteiger partial charge in [-0.1, -0.05) is 19.3 Å². The minimum absolute atomic E-state index is 0.497. The molecule has 1 saturated carbocycles. The van der Waals surface area contributed by atoms with Crippen LogP contribution >= 0.6 is 0 Å². The number of alkyl halides is 1. The Morgan fingerprint density at radius 3 is 2.33 bits per heavy atom. The van der Waals surface area contributed by atoms with Gasteiger partial charge in [-0.2, -0.15) is 0 Å². The number of hydrogen-bond donors (Lipinski definition) is 2. The van der Waals surface area contributed by atoms with E-state index in [4.69, 9.17) is 10.8 Å². The van der Waals surface area contributed by atoms with Crippen LogP contribution in [0.4, 0.5) is 4.39 Å². The third-order valence-electron chi connectivity index (χ3n) is 2.53. The molecule has 0 saturated heterocycles. The van der Waals surface area contributed by atoms with Crippen LogP contribution in [0.25, 0.3) is 0 Å². The highest BCUT2D eigenvalue weighted by Crippen LogP contribution is 2.32. The molecule has 1 aliphatic carbocycles. The lowest BCUT2D eigenvalue weighted by Gasteiger charge is -2.29. The summed E-state index contributed by atoms with van der Waals surface area (Å²) in [6.45, 7) is 0. The molecule has 0 bridgehead atoms. The van der Waals surface area contributed by atoms with Gasteiger partial charge in [0.2, 0.25) is 0 Å². The zero-order chi connectivity index (χ0) is 9.19. The van der Waals surface area contributed by atoms with Crippen molar-refractivity contribution in [2.24, 2.45) is 11.7 Å². The van der Waals surface area contributed by atoms with E-state index in [1.165, 1.54) is 0 Å². The smallest absolute Gasteiger partial charge is 0.356 e. The molecule has 0 aromatic carbocycles. The van der Waals surface area contributed by atoms with Gasteiger partial charge in [-0.3, -0.25) is 5.73 Å². The molecule has 0 spiro atoms. The van der Waals surface area contributed by atoms with Crippen molar-refractivity contribution < 1.29 is 14.3 Å². The van der Waals surface area contributed by atoms with Gasteiger partial charge in [0.1, 0.15) is 0 Å². The Hall–Kier alpha value is -0.640. The lowest BCUT2D eigenvalue weighted by Crippen LogP contribution is -2.50. The fourth-order valence-electron chi connectivity index (χ4n) is 1.70. The molecule has 3 nitrogen and oxygen atoms in total. The third-order valence-corrected chi connectivity index (χ3v) is 2.53. The molecule has 70 valence electrons. The van der Waals surface area contributed by atoms with E-state index in [-0.39, 0.29) is 0 Å². The van der Waals surface area contributed by atoms with E-state index in [0.717, 1.165) is 19.3 Å². The fourth-order valence-corrected chi connectivity index (χ4v) is 1.70. The quantitative estimate of drug-likeness (QED) is 0.621. The molecule has 1 fully saturated rings. The second-order valence-corrected chi connectivity index (χ2v) is 3.41. The van der Waals surface area contributed by atoms with Crippen LogP contribution < -0.4 is 5.73 Å². The summed E-state index contributed by atoms with van der Waals surface area (Å²) < 4.78 is 13.3. The summed E-state index contributed by atoms with van der Waals surface area (Å²) in [4.78, 5) is 10.4. The van der Waals surface area contributed by atoms with Crippen LogP contribution in [0, 0.1) is 5.92 Å². The molecule has 0 aromatic heterocycles. The first-order valence-corrected chi connectivity index (χ1v) is 4.26. The molecule has 1 aliphatic rings. The first-order valence-electron chi connectivity index (χ1n) is 4.26. The van der Waals surface area contributed by atoms with Crippen LogP contribution in [-0.2, 0) is 4.79 Å². The van der Waals surface area contributed by atoms with Gasteiger partial charge in [0, 0.05) is 5.92 Å². The maximum atomic E-state index is 13.3. The maximum absolute atomic E-state index is 13.3. The topological polar surface area (TPSA) is 63.3 Å². The van der Waals surface area contributed by atoms with Crippen molar-refractivity contribution >= 4 is 5.97 Å². The Bertz CT molecular complexity index is 176. The van der Waals surface area contributed by atoms with Crippen molar-refractivity contribution in [3.05, 3.63) is 0 Å². The number of halogens is 1. The van der Waals surface area contributed by atoms with Crippen molar-refractivity contribution in [1.29, 1.82) is 0 Å². The minimum atomic E-state index is -2.51. The molecule has 0 heterocycles. The Kier molecular flexibility index (Phi) is 2.67. The van der Waals surface area contributed by atoms with E-state index >= 15 is 0 Å². The molecule has 3 N–H and O–H groups in total. The Morgan fingerprint density at radius 2 is 1.92 bits per heavy atom. The lowest BCUT2D eigenvalue weighted by molar-refractivity contribution is -0.155. The van der Waals surface area contributed by atoms with E-state index in [1.54, 1.807) is 0 Å². The molecule has 1 rings (SSSR count). The number of nitrogens with two attached hydrogens (primary N) is 1. The summed E-state index contributed by atoms with van der Waals surface area (Å²) in [7, 11) is 0. The van der Waals surface area contributed by atoms with E-state index in [1.807, 2.05) is 0 Å². The number of carbonyl (C=O) groups is 1. The molecule has 12 heavy (non-hydrogen) atoms. The van der Waals surface area contributed by atoms with E-state index in [9.17, 15) is 9.18 Å². The zero-order valence-corrected chi connectivity index (χ0v) is 6.92. The van der Waals surface area contributed by atoms with Crippen LogP contribution in [0.2, 0.25) is 0 Å². The SMILES string of the molecule is NC(F)(C(=O)O)C1CCCCC1. The lowest BCUT2D eigenvalue weighted by atomic mass is 9.83. The van der Waals surface area contributed by atoms with Crippen LogP contribution in [0.3, 0.4) is 0 Å². The van der Waals surface area contributed by atoms with Crippen molar-refractivity contribution in [3.8, 4) is 0 Å². The molecule has 0 aromatic rings. The van der Waals surface area contributed by atoms with Crippen molar-refractivity contribution in [1.82, 2.24) is 0 Å². The first-order chi connectivity index (χ1) is 5.55. The molecule has 1 atom stereocenters. The highest BCUT2D eigenvalue weighted by Gasteiger charge is 2.42. The molecular weight excluding hydrogens is 161 g/mol. The molecule has 4 heteroatoms. The molecule has 0 aliphatic heterocycles. The number of rotatable bonds is 2. The third kappa shape index (κ3) is 1.75. The van der Waals surface area contributed by atoms with Crippen LogP contribution in [0.1, 0.15) is 32.1 Å². The minimum Gasteiger partial charge on any atom is -0.478 e. The van der Waals surface area contributed by atoms with Gasteiger partial charge in [-0.05, 0) is 12.8 Å². The molecule has 0 amide bonds. The van der Waals surface area contributed by atoms with Crippen LogP contribution in [0.15, 0.2) is 0 Å². The van der Waals surface area contributed by atoms with E-state index in [2.05, 4.69) is 0 Å². The normalized spacial score (nSPS) is 24.8. The highest BCUT2D eigenvalue weighted by atomic mass is 19.1. The molecule has 0 radical (unpaired) electrons. The number of carboxylic acids is 1. The first kappa shape index (κ1) is 9.45. The summed E-state index contributed by atoms with van der Waals surface area (Å²) in [5.41, 5.74) is 5.07. The van der Waals surface area contributed by atoms with Gasteiger partial charge in [0.05, 0.1) is 0 Å². The second-order valence-electron chi connectivity index (χ2n) is 3.41. The standard InChI is InChI=1S/C8H14FNO2/c9-8(10,7(11)12)6-4-2-1-3-5-6/h6H,1-5,10H2,(H,11,12). The summed E-state index contributed by atoms with van der Waals surface area (Å²) in [6.07, 6.45) is 4.03. The average Bonchev–Trinajstić information content (AvgIpc) is 2.06. The van der Waals surface area contributed by atoms with Gasteiger partial charge >= 0.3 is 5.97 Å². The summed E-state index contributed by atoms with van der Waals surface area (Å²) in [5, 5.41) is 8.49. The largest absolute Gasteiger partial charge is 0.478 e. The van der Waals surface area contributed by atoms with Gasteiger partial charge in [0.25, 0.3) is 5.79 Å². The number of carboxylic acid groups (broad SMARTS) is 1. The van der Waals surface area contributed by atoms with Crippen LogP contribution in [-0.4, -0.2) is 16.9 Å². The summed E-state index contributed by atoms with van der Waals surface area (Å²) >= 11 is 0. The van der Waals surface area contributed by atoms with Crippen molar-refractivity contribution in [2.75, 3.05) is 0 Å². The van der Waals surface area contributed by atoms with Crippen molar-refractivity contribution in [3.63, 3.8) is 0 Å². The molecule has 1 unspecified atom stereocenters. The number of hydrogen-bond acceptors (Lipinski definition) is 2. The van der Waals surface area contributed by atoms with Gasteiger partial charge in [-0.15, -0.1) is 0 Å². The van der Waals surface area contributed by atoms with E-state index in [0.29, 0.717) is 12.8 Å². The Balaban J connectivity index is 2.59. The Labute approximate surface area is 70.7 Å². The molecular formula is C8H14FNO2. The highest BCUT2D eigenvalue weighted by molar-refractivity contribution is 5.76.